The van der Waals surface area contributed by atoms with E-state index in [2.05, 4.69) is 12.2 Å². The number of carbonyl (C=O) groups excluding carboxylic acids is 1. The van der Waals surface area contributed by atoms with Gasteiger partial charge in [-0.05, 0) is 38.7 Å². The van der Waals surface area contributed by atoms with E-state index in [1.54, 1.807) is 0 Å². The minimum atomic E-state index is -0.632. The smallest absolute Gasteiger partial charge is 0.254 e. The standard InChI is InChI=1S/C14H21FN2O2/c1-4-5-10(17(2)3)9-16-14(19)12-8-11(18)6-7-13(12)15/h6-8,10,18H,4-5,9H2,1-3H3,(H,16,19). The molecule has 19 heavy (non-hydrogen) atoms. The molecule has 1 aromatic carbocycles. The molecule has 0 aliphatic heterocycles. The Kier molecular flexibility index (Phi) is 5.76. The van der Waals surface area contributed by atoms with Crippen LogP contribution in [0.4, 0.5) is 4.39 Å². The van der Waals surface area contributed by atoms with Gasteiger partial charge in [0.2, 0.25) is 0 Å². The van der Waals surface area contributed by atoms with Crippen LogP contribution >= 0.6 is 0 Å². The molecule has 1 atom stereocenters. The molecule has 1 amide bonds. The molecule has 106 valence electrons. The molecule has 0 spiro atoms. The van der Waals surface area contributed by atoms with Crippen molar-refractivity contribution in [2.75, 3.05) is 20.6 Å². The van der Waals surface area contributed by atoms with Crippen molar-refractivity contribution in [2.24, 2.45) is 0 Å². The Bertz CT molecular complexity index is 435. The molecule has 0 radical (unpaired) electrons. The summed E-state index contributed by atoms with van der Waals surface area (Å²) < 4.78 is 13.5. The Morgan fingerprint density at radius 3 is 2.74 bits per heavy atom. The summed E-state index contributed by atoms with van der Waals surface area (Å²) in [4.78, 5) is 13.9. The number of phenolic OH excluding ortho intramolecular Hbond substituents is 1. The lowest BCUT2D eigenvalue weighted by Crippen LogP contribution is -2.40. The van der Waals surface area contributed by atoms with Crippen LogP contribution in [0.5, 0.6) is 5.75 Å². The number of amides is 1. The first-order valence-corrected chi connectivity index (χ1v) is 6.38. The first-order valence-electron chi connectivity index (χ1n) is 6.38. The molecule has 0 heterocycles. The third-order valence-corrected chi connectivity index (χ3v) is 3.05. The molecule has 0 saturated heterocycles. The summed E-state index contributed by atoms with van der Waals surface area (Å²) in [6.07, 6.45) is 1.97. The van der Waals surface area contributed by atoms with E-state index in [4.69, 9.17) is 0 Å². The molecule has 0 aromatic heterocycles. The van der Waals surface area contributed by atoms with Crippen LogP contribution in [-0.2, 0) is 0 Å². The van der Waals surface area contributed by atoms with E-state index in [9.17, 15) is 14.3 Å². The Morgan fingerprint density at radius 1 is 1.47 bits per heavy atom. The molecule has 0 saturated carbocycles. The number of phenols is 1. The lowest BCUT2D eigenvalue weighted by molar-refractivity contribution is 0.0936. The average Bonchev–Trinajstić information content (AvgIpc) is 2.36. The second-order valence-corrected chi connectivity index (χ2v) is 4.78. The molecule has 0 bridgehead atoms. The van der Waals surface area contributed by atoms with Gasteiger partial charge >= 0.3 is 0 Å². The van der Waals surface area contributed by atoms with Crippen molar-refractivity contribution in [2.45, 2.75) is 25.8 Å². The molecule has 0 fully saturated rings. The lowest BCUT2D eigenvalue weighted by Gasteiger charge is -2.24. The van der Waals surface area contributed by atoms with E-state index in [-0.39, 0.29) is 17.4 Å². The van der Waals surface area contributed by atoms with Crippen LogP contribution in [0.15, 0.2) is 18.2 Å². The van der Waals surface area contributed by atoms with Crippen LogP contribution in [0.2, 0.25) is 0 Å². The van der Waals surface area contributed by atoms with Gasteiger partial charge in [0.05, 0.1) is 5.56 Å². The number of rotatable bonds is 6. The van der Waals surface area contributed by atoms with Crippen molar-refractivity contribution < 1.29 is 14.3 Å². The third kappa shape index (κ3) is 4.52. The number of hydrogen-bond donors (Lipinski definition) is 2. The predicted octanol–water partition coefficient (Wildman–Crippen LogP) is 1.99. The molecule has 4 nitrogen and oxygen atoms in total. The molecular weight excluding hydrogens is 247 g/mol. The minimum absolute atomic E-state index is 0.121. The van der Waals surface area contributed by atoms with Gasteiger partial charge in [-0.25, -0.2) is 4.39 Å². The summed E-state index contributed by atoms with van der Waals surface area (Å²) in [5, 5.41) is 12.0. The van der Waals surface area contributed by atoms with Crippen molar-refractivity contribution in [3.05, 3.63) is 29.6 Å². The number of aromatic hydroxyl groups is 1. The van der Waals surface area contributed by atoms with Crippen LogP contribution in [0.25, 0.3) is 0 Å². The first-order chi connectivity index (χ1) is 8.95. The van der Waals surface area contributed by atoms with Gasteiger partial charge in [-0.3, -0.25) is 4.79 Å². The summed E-state index contributed by atoms with van der Waals surface area (Å²) in [6, 6.07) is 3.65. The van der Waals surface area contributed by atoms with E-state index >= 15 is 0 Å². The zero-order valence-electron chi connectivity index (χ0n) is 11.6. The summed E-state index contributed by atoms with van der Waals surface area (Å²) in [7, 11) is 3.89. The highest BCUT2D eigenvalue weighted by Gasteiger charge is 2.15. The highest BCUT2D eigenvalue weighted by atomic mass is 19.1. The normalized spacial score (nSPS) is 12.5. The fourth-order valence-corrected chi connectivity index (χ4v) is 1.87. The largest absolute Gasteiger partial charge is 0.508 e. The van der Waals surface area contributed by atoms with Gasteiger partial charge in [0.1, 0.15) is 11.6 Å². The van der Waals surface area contributed by atoms with Crippen molar-refractivity contribution in [1.29, 1.82) is 0 Å². The second kappa shape index (κ2) is 7.09. The Hall–Kier alpha value is -1.62. The van der Waals surface area contributed by atoms with E-state index < -0.39 is 11.7 Å². The number of benzene rings is 1. The van der Waals surface area contributed by atoms with Crippen LogP contribution in [0.3, 0.4) is 0 Å². The highest BCUT2D eigenvalue weighted by Crippen LogP contribution is 2.15. The van der Waals surface area contributed by atoms with Gasteiger partial charge in [-0.1, -0.05) is 13.3 Å². The zero-order chi connectivity index (χ0) is 14.4. The zero-order valence-corrected chi connectivity index (χ0v) is 11.6. The van der Waals surface area contributed by atoms with Crippen LogP contribution < -0.4 is 5.32 Å². The van der Waals surface area contributed by atoms with Gasteiger partial charge in [-0.2, -0.15) is 0 Å². The van der Waals surface area contributed by atoms with E-state index in [1.807, 2.05) is 19.0 Å². The van der Waals surface area contributed by atoms with Gasteiger partial charge in [0.15, 0.2) is 0 Å². The quantitative estimate of drug-likeness (QED) is 0.829. The van der Waals surface area contributed by atoms with E-state index in [1.165, 1.54) is 6.07 Å². The van der Waals surface area contributed by atoms with Gasteiger partial charge in [0.25, 0.3) is 5.91 Å². The number of carbonyl (C=O) groups is 1. The number of likely N-dealkylation sites (N-methyl/N-ethyl adjacent to an activating group) is 1. The minimum Gasteiger partial charge on any atom is -0.508 e. The summed E-state index contributed by atoms with van der Waals surface area (Å²) in [6.45, 7) is 2.53. The van der Waals surface area contributed by atoms with Crippen molar-refractivity contribution in [3.63, 3.8) is 0 Å². The fraction of sp³-hybridized carbons (Fsp3) is 0.500. The van der Waals surface area contributed by atoms with Crippen LogP contribution in [-0.4, -0.2) is 42.6 Å². The number of halogens is 1. The van der Waals surface area contributed by atoms with Gasteiger partial charge < -0.3 is 15.3 Å². The topological polar surface area (TPSA) is 52.6 Å². The van der Waals surface area contributed by atoms with Crippen LogP contribution in [0.1, 0.15) is 30.1 Å². The van der Waals surface area contributed by atoms with Crippen molar-refractivity contribution >= 4 is 5.91 Å². The van der Waals surface area contributed by atoms with Gasteiger partial charge in [0, 0.05) is 12.6 Å². The fourth-order valence-electron chi connectivity index (χ4n) is 1.87. The maximum atomic E-state index is 13.5. The molecule has 0 aliphatic carbocycles. The molecule has 2 N–H and O–H groups in total. The molecule has 1 rings (SSSR count). The predicted molar refractivity (Wildman–Crippen MR) is 72.8 cm³/mol. The maximum Gasteiger partial charge on any atom is 0.254 e. The summed E-state index contributed by atoms with van der Waals surface area (Å²) in [5.41, 5.74) is -0.131. The Balaban J connectivity index is 2.66. The van der Waals surface area contributed by atoms with Gasteiger partial charge in [-0.15, -0.1) is 0 Å². The highest BCUT2D eigenvalue weighted by molar-refractivity contribution is 5.94. The van der Waals surface area contributed by atoms with E-state index in [0.29, 0.717) is 6.54 Å². The van der Waals surface area contributed by atoms with Crippen molar-refractivity contribution in [1.82, 2.24) is 10.2 Å². The first kappa shape index (κ1) is 15.4. The monoisotopic (exact) mass is 268 g/mol. The summed E-state index contributed by atoms with van der Waals surface area (Å²) in [5.74, 6) is -1.26. The second-order valence-electron chi connectivity index (χ2n) is 4.78. The van der Waals surface area contributed by atoms with Crippen molar-refractivity contribution in [3.8, 4) is 5.75 Å². The third-order valence-electron chi connectivity index (χ3n) is 3.05. The lowest BCUT2D eigenvalue weighted by atomic mass is 10.1. The number of hydrogen-bond acceptors (Lipinski definition) is 3. The number of nitrogens with zero attached hydrogens (tertiary/aromatic N) is 1. The molecular formula is C14H21FN2O2. The molecule has 1 aromatic rings. The summed E-state index contributed by atoms with van der Waals surface area (Å²) >= 11 is 0. The maximum absolute atomic E-state index is 13.5. The average molecular weight is 268 g/mol. The SMILES string of the molecule is CCCC(CNC(=O)c1cc(O)ccc1F)N(C)C. The Morgan fingerprint density at radius 2 is 2.16 bits per heavy atom. The molecule has 0 aliphatic rings. The molecule has 1 unspecified atom stereocenters. The number of nitrogens with one attached hydrogen (secondary N) is 1. The Labute approximate surface area is 113 Å². The molecule has 5 heteroatoms. The van der Waals surface area contributed by atoms with E-state index in [0.717, 1.165) is 25.0 Å². The van der Waals surface area contributed by atoms with Crippen LogP contribution in [0, 0.1) is 5.82 Å².